The van der Waals surface area contributed by atoms with Crippen molar-refractivity contribution in [1.29, 1.82) is 0 Å². The Morgan fingerprint density at radius 3 is 2.64 bits per heavy atom. The molecule has 0 atom stereocenters. The topological polar surface area (TPSA) is 64.0 Å². The molecule has 0 bridgehead atoms. The number of aromatic nitrogens is 2. The van der Waals surface area contributed by atoms with Gasteiger partial charge in [-0.05, 0) is 43.0 Å². The Kier molecular flexibility index (Phi) is 5.58. The van der Waals surface area contributed by atoms with Gasteiger partial charge in [0.05, 0.1) is 12.0 Å². The first kappa shape index (κ1) is 17.3. The highest BCUT2D eigenvalue weighted by atomic mass is 19.1. The molecule has 6 heteroatoms. The van der Waals surface area contributed by atoms with Gasteiger partial charge in [-0.15, -0.1) is 0 Å². The average molecular weight is 343 g/mol. The van der Waals surface area contributed by atoms with E-state index in [4.69, 9.17) is 0 Å². The normalized spacial score (nSPS) is 14.6. The molecule has 1 fully saturated rings. The van der Waals surface area contributed by atoms with Gasteiger partial charge in [-0.1, -0.05) is 12.8 Å². The van der Waals surface area contributed by atoms with Gasteiger partial charge in [-0.3, -0.25) is 14.2 Å². The van der Waals surface area contributed by atoms with E-state index in [0.717, 1.165) is 12.8 Å². The number of carbonyl (C=O) groups excluding carboxylic acids is 1. The zero-order valence-corrected chi connectivity index (χ0v) is 14.1. The number of hydrogen-bond acceptors (Lipinski definition) is 3. The predicted octanol–water partition coefficient (Wildman–Crippen LogP) is 2.75. The van der Waals surface area contributed by atoms with Crippen LogP contribution in [-0.4, -0.2) is 22.0 Å². The van der Waals surface area contributed by atoms with E-state index in [1.54, 1.807) is 12.1 Å². The van der Waals surface area contributed by atoms with E-state index in [1.807, 2.05) is 0 Å². The first-order chi connectivity index (χ1) is 12.1. The Morgan fingerprint density at radius 1 is 1.24 bits per heavy atom. The van der Waals surface area contributed by atoms with Crippen molar-refractivity contribution in [3.05, 3.63) is 52.8 Å². The molecule has 0 unspecified atom stereocenters. The Labute approximate surface area is 145 Å². The van der Waals surface area contributed by atoms with Crippen LogP contribution in [0.4, 0.5) is 4.39 Å². The smallest absolute Gasteiger partial charge is 0.253 e. The highest BCUT2D eigenvalue weighted by Gasteiger charge is 2.18. The second kappa shape index (κ2) is 8.05. The number of benzene rings is 1. The molecule has 1 N–H and O–H groups in total. The summed E-state index contributed by atoms with van der Waals surface area (Å²) < 4.78 is 14.4. The summed E-state index contributed by atoms with van der Waals surface area (Å²) in [4.78, 5) is 28.3. The van der Waals surface area contributed by atoms with Crippen molar-refractivity contribution < 1.29 is 9.18 Å². The fourth-order valence-electron chi connectivity index (χ4n) is 3.24. The van der Waals surface area contributed by atoms with Crippen molar-refractivity contribution in [2.45, 2.75) is 38.6 Å². The molecule has 3 rings (SSSR count). The van der Waals surface area contributed by atoms with Gasteiger partial charge < -0.3 is 5.32 Å². The Morgan fingerprint density at radius 2 is 1.96 bits per heavy atom. The summed E-state index contributed by atoms with van der Waals surface area (Å²) in [6.07, 6.45) is 6.77. The van der Waals surface area contributed by atoms with Crippen LogP contribution in [0.2, 0.25) is 0 Å². The molecule has 1 aliphatic carbocycles. The third kappa shape index (κ3) is 4.75. The average Bonchev–Trinajstić information content (AvgIpc) is 3.10. The molecule has 0 radical (unpaired) electrons. The van der Waals surface area contributed by atoms with Crippen LogP contribution >= 0.6 is 0 Å². The van der Waals surface area contributed by atoms with Gasteiger partial charge in [0.25, 0.3) is 5.56 Å². The quantitative estimate of drug-likeness (QED) is 0.877. The lowest BCUT2D eigenvalue weighted by Crippen LogP contribution is -2.31. The van der Waals surface area contributed by atoms with Crippen molar-refractivity contribution in [3.63, 3.8) is 0 Å². The number of halogens is 1. The molecular formula is C19H22FN3O2. The number of rotatable bonds is 6. The van der Waals surface area contributed by atoms with Gasteiger partial charge in [-0.2, -0.15) is 0 Å². The zero-order chi connectivity index (χ0) is 17.6. The molecule has 25 heavy (non-hydrogen) atoms. The molecular weight excluding hydrogens is 321 g/mol. The van der Waals surface area contributed by atoms with Crippen LogP contribution in [0.25, 0.3) is 11.3 Å². The van der Waals surface area contributed by atoms with Gasteiger partial charge in [0.15, 0.2) is 0 Å². The minimum absolute atomic E-state index is 0.0517. The van der Waals surface area contributed by atoms with E-state index in [0.29, 0.717) is 36.7 Å². The summed E-state index contributed by atoms with van der Waals surface area (Å²) in [7, 11) is 0. The number of carbonyl (C=O) groups is 1. The Bertz CT molecular complexity index is 780. The summed E-state index contributed by atoms with van der Waals surface area (Å²) in [5.41, 5.74) is 1.00. The molecule has 1 saturated carbocycles. The minimum atomic E-state index is -0.328. The van der Waals surface area contributed by atoms with Gasteiger partial charge in [0.1, 0.15) is 5.82 Å². The van der Waals surface area contributed by atoms with Crippen molar-refractivity contribution in [1.82, 2.24) is 14.9 Å². The molecule has 1 aromatic carbocycles. The number of amides is 1. The van der Waals surface area contributed by atoms with Gasteiger partial charge in [-0.25, -0.2) is 9.37 Å². The van der Waals surface area contributed by atoms with Crippen LogP contribution in [0, 0.1) is 11.7 Å². The number of nitrogens with zero attached hydrogens (tertiary/aromatic N) is 2. The molecule has 0 aliphatic heterocycles. The van der Waals surface area contributed by atoms with Crippen molar-refractivity contribution >= 4 is 5.91 Å². The van der Waals surface area contributed by atoms with E-state index in [1.165, 1.54) is 41.9 Å². The monoisotopic (exact) mass is 343 g/mol. The second-order valence-electron chi connectivity index (χ2n) is 6.52. The van der Waals surface area contributed by atoms with Crippen molar-refractivity contribution in [3.8, 4) is 11.3 Å². The van der Waals surface area contributed by atoms with Crippen molar-refractivity contribution in [2.75, 3.05) is 6.54 Å². The minimum Gasteiger partial charge on any atom is -0.354 e. The first-order valence-electron chi connectivity index (χ1n) is 8.71. The number of nitrogens with one attached hydrogen (secondary N) is 1. The second-order valence-corrected chi connectivity index (χ2v) is 6.52. The van der Waals surface area contributed by atoms with Gasteiger partial charge in [0, 0.05) is 31.1 Å². The highest BCUT2D eigenvalue weighted by Crippen LogP contribution is 2.27. The van der Waals surface area contributed by atoms with Gasteiger partial charge in [0.2, 0.25) is 5.91 Å². The molecule has 0 spiro atoms. The van der Waals surface area contributed by atoms with Crippen LogP contribution < -0.4 is 10.9 Å². The SMILES string of the molecule is O=C(CC1CCCC1)NCCn1cnc(-c2ccc(F)cc2)cc1=O. The summed E-state index contributed by atoms with van der Waals surface area (Å²) in [5, 5.41) is 2.87. The zero-order valence-electron chi connectivity index (χ0n) is 14.1. The van der Waals surface area contributed by atoms with E-state index < -0.39 is 0 Å². The largest absolute Gasteiger partial charge is 0.354 e. The van der Waals surface area contributed by atoms with E-state index in [-0.39, 0.29) is 17.3 Å². The lowest BCUT2D eigenvalue weighted by Gasteiger charge is -2.10. The van der Waals surface area contributed by atoms with Crippen LogP contribution in [0.1, 0.15) is 32.1 Å². The summed E-state index contributed by atoms with van der Waals surface area (Å²) in [6.45, 7) is 0.787. The molecule has 1 heterocycles. The molecule has 2 aromatic rings. The fourth-order valence-corrected chi connectivity index (χ4v) is 3.24. The lowest BCUT2D eigenvalue weighted by atomic mass is 10.0. The maximum absolute atomic E-state index is 13.0. The summed E-state index contributed by atoms with van der Waals surface area (Å²) in [5.74, 6) is 0.237. The Balaban J connectivity index is 1.53. The van der Waals surface area contributed by atoms with E-state index in [2.05, 4.69) is 10.3 Å². The van der Waals surface area contributed by atoms with E-state index in [9.17, 15) is 14.0 Å². The van der Waals surface area contributed by atoms with Crippen LogP contribution in [-0.2, 0) is 11.3 Å². The molecule has 132 valence electrons. The molecule has 0 saturated heterocycles. The molecule has 5 nitrogen and oxygen atoms in total. The van der Waals surface area contributed by atoms with E-state index >= 15 is 0 Å². The van der Waals surface area contributed by atoms with Crippen LogP contribution in [0.3, 0.4) is 0 Å². The van der Waals surface area contributed by atoms with Crippen molar-refractivity contribution in [2.24, 2.45) is 5.92 Å². The number of hydrogen-bond donors (Lipinski definition) is 1. The summed E-state index contributed by atoms with van der Waals surface area (Å²) in [6, 6.07) is 7.27. The van der Waals surface area contributed by atoms with Gasteiger partial charge >= 0.3 is 0 Å². The molecule has 1 aliphatic rings. The summed E-state index contributed by atoms with van der Waals surface area (Å²) >= 11 is 0. The Hall–Kier alpha value is -2.50. The third-order valence-corrected chi connectivity index (χ3v) is 4.64. The molecule has 1 amide bonds. The first-order valence-corrected chi connectivity index (χ1v) is 8.71. The third-order valence-electron chi connectivity index (χ3n) is 4.64. The van der Waals surface area contributed by atoms with Crippen LogP contribution in [0.5, 0.6) is 0 Å². The predicted molar refractivity (Wildman–Crippen MR) is 93.5 cm³/mol. The maximum atomic E-state index is 13.0. The fraction of sp³-hybridized carbons (Fsp3) is 0.421. The highest BCUT2D eigenvalue weighted by molar-refractivity contribution is 5.76. The molecule has 1 aromatic heterocycles. The maximum Gasteiger partial charge on any atom is 0.253 e. The van der Waals surface area contributed by atoms with Crippen LogP contribution in [0.15, 0.2) is 41.5 Å². The standard InChI is InChI=1S/C19H22FN3O2/c20-16-7-5-15(6-8-16)17-12-19(25)23(13-22-17)10-9-21-18(24)11-14-3-1-2-4-14/h5-8,12-14H,1-4,9-11H2,(H,21,24). The lowest BCUT2D eigenvalue weighted by molar-refractivity contribution is -0.122.